The van der Waals surface area contributed by atoms with Crippen LogP contribution in [0.4, 0.5) is 0 Å². The van der Waals surface area contributed by atoms with Gasteiger partial charge in [-0.1, -0.05) is 36.4 Å². The van der Waals surface area contributed by atoms with E-state index in [9.17, 15) is 10.1 Å². The summed E-state index contributed by atoms with van der Waals surface area (Å²) >= 11 is 0. The first kappa shape index (κ1) is 16.3. The van der Waals surface area contributed by atoms with Crippen LogP contribution in [0.3, 0.4) is 0 Å². The van der Waals surface area contributed by atoms with Gasteiger partial charge in [0, 0.05) is 18.7 Å². The van der Waals surface area contributed by atoms with E-state index in [4.69, 9.17) is 4.74 Å². The van der Waals surface area contributed by atoms with E-state index >= 15 is 0 Å². The Hall–Kier alpha value is -3.53. The fraction of sp³-hybridized carbons (Fsp3) is 0.167. The van der Waals surface area contributed by atoms with Gasteiger partial charge < -0.3 is 9.30 Å². The van der Waals surface area contributed by atoms with E-state index in [1.165, 1.54) is 7.11 Å². The molecule has 3 aromatic rings. The molecule has 25 heavy (non-hydrogen) atoms. The van der Waals surface area contributed by atoms with Gasteiger partial charge in [0.1, 0.15) is 5.69 Å². The highest BCUT2D eigenvalue weighted by atomic mass is 16.5. The lowest BCUT2D eigenvalue weighted by molar-refractivity contribution is 0.0969. The van der Waals surface area contributed by atoms with Gasteiger partial charge in [-0.05, 0) is 6.07 Å². The minimum atomic E-state index is -1.10. The zero-order chi connectivity index (χ0) is 17.8. The van der Waals surface area contributed by atoms with Crippen LogP contribution in [0.25, 0.3) is 11.4 Å². The maximum atomic E-state index is 12.7. The molecule has 0 fully saturated rings. The van der Waals surface area contributed by atoms with Gasteiger partial charge in [0.25, 0.3) is 0 Å². The van der Waals surface area contributed by atoms with Crippen LogP contribution < -0.4 is 4.74 Å². The van der Waals surface area contributed by atoms with Crippen LogP contribution in [0.5, 0.6) is 5.88 Å². The van der Waals surface area contributed by atoms with Crippen LogP contribution in [0.2, 0.25) is 0 Å². The molecule has 0 aliphatic rings. The number of aromatic nitrogens is 4. The Kier molecular flexibility index (Phi) is 4.53. The summed E-state index contributed by atoms with van der Waals surface area (Å²) in [4.78, 5) is 16.8. The van der Waals surface area contributed by atoms with Crippen LogP contribution in [-0.4, -0.2) is 32.6 Å². The third-order valence-corrected chi connectivity index (χ3v) is 3.78. The second kappa shape index (κ2) is 6.93. The summed E-state index contributed by atoms with van der Waals surface area (Å²) in [5.41, 5.74) is 1.00. The molecule has 2 heterocycles. The molecule has 0 saturated carbocycles. The third kappa shape index (κ3) is 3.10. The average Bonchev–Trinajstić information content (AvgIpc) is 3.04. The number of rotatable bonds is 5. The first-order chi connectivity index (χ1) is 12.2. The number of methoxy groups -OCH3 is 1. The van der Waals surface area contributed by atoms with Crippen molar-refractivity contribution in [2.24, 2.45) is 7.05 Å². The highest BCUT2D eigenvalue weighted by Crippen LogP contribution is 2.23. The third-order valence-electron chi connectivity index (χ3n) is 3.78. The zero-order valence-electron chi connectivity index (χ0n) is 13.7. The number of hydrogen-bond donors (Lipinski definition) is 0. The van der Waals surface area contributed by atoms with Gasteiger partial charge in [0.05, 0.1) is 13.2 Å². The molecule has 7 nitrogen and oxygen atoms in total. The molecule has 0 amide bonds. The number of ether oxygens (including phenoxy) is 1. The molecular weight excluding hydrogens is 318 g/mol. The standard InChI is InChI=1S/C18H15N5O2/c1-23-17(12-7-4-3-5-8-12)21-22-18(23)13(11-19)16(24)14-9-6-10-15(20-14)25-2/h3-10,13H,1-2H3/t13-/m0/s1. The largest absolute Gasteiger partial charge is 0.481 e. The summed E-state index contributed by atoms with van der Waals surface area (Å²) in [6.45, 7) is 0. The highest BCUT2D eigenvalue weighted by Gasteiger charge is 2.29. The van der Waals surface area contributed by atoms with Crippen molar-refractivity contribution in [2.45, 2.75) is 5.92 Å². The van der Waals surface area contributed by atoms with Crippen molar-refractivity contribution in [1.29, 1.82) is 5.26 Å². The van der Waals surface area contributed by atoms with Gasteiger partial charge >= 0.3 is 0 Å². The molecule has 1 atom stereocenters. The van der Waals surface area contributed by atoms with Crippen molar-refractivity contribution in [2.75, 3.05) is 7.11 Å². The lowest BCUT2D eigenvalue weighted by Gasteiger charge is -2.09. The van der Waals surface area contributed by atoms with Gasteiger partial charge in [0.15, 0.2) is 17.6 Å². The Labute approximate surface area is 144 Å². The number of nitriles is 1. The second-order valence-electron chi connectivity index (χ2n) is 5.30. The molecule has 0 unspecified atom stereocenters. The quantitative estimate of drug-likeness (QED) is 0.665. The SMILES string of the molecule is COc1cccc(C(=O)[C@H](C#N)c2nnc(-c3ccccc3)n2C)n1. The Morgan fingerprint density at radius 3 is 2.60 bits per heavy atom. The number of pyridine rings is 1. The summed E-state index contributed by atoms with van der Waals surface area (Å²) in [5.74, 6) is -0.380. The average molecular weight is 333 g/mol. The van der Waals surface area contributed by atoms with E-state index in [2.05, 4.69) is 15.2 Å². The Morgan fingerprint density at radius 2 is 1.92 bits per heavy atom. The smallest absolute Gasteiger partial charge is 0.213 e. The van der Waals surface area contributed by atoms with E-state index in [-0.39, 0.29) is 11.5 Å². The first-order valence-corrected chi connectivity index (χ1v) is 7.55. The summed E-state index contributed by atoms with van der Waals surface area (Å²) < 4.78 is 6.68. The molecule has 0 radical (unpaired) electrons. The van der Waals surface area contributed by atoms with Gasteiger partial charge in [-0.3, -0.25) is 4.79 Å². The molecule has 2 aromatic heterocycles. The Morgan fingerprint density at radius 1 is 1.16 bits per heavy atom. The van der Waals surface area contributed by atoms with Gasteiger partial charge in [-0.25, -0.2) is 4.98 Å². The Bertz CT molecular complexity index is 944. The van der Waals surface area contributed by atoms with Crippen LogP contribution in [-0.2, 0) is 7.05 Å². The van der Waals surface area contributed by atoms with Gasteiger partial charge in [-0.15, -0.1) is 10.2 Å². The molecule has 0 saturated heterocycles. The van der Waals surface area contributed by atoms with E-state index in [0.29, 0.717) is 11.7 Å². The van der Waals surface area contributed by atoms with E-state index < -0.39 is 11.7 Å². The lowest BCUT2D eigenvalue weighted by Crippen LogP contribution is -2.17. The lowest BCUT2D eigenvalue weighted by atomic mass is 10.0. The number of carbonyl (C=O) groups is 1. The molecule has 3 rings (SSSR count). The van der Waals surface area contributed by atoms with E-state index in [1.807, 2.05) is 36.4 Å². The van der Waals surface area contributed by atoms with Gasteiger partial charge in [-0.2, -0.15) is 5.26 Å². The van der Waals surface area contributed by atoms with Crippen molar-refractivity contribution >= 4 is 5.78 Å². The fourth-order valence-corrected chi connectivity index (χ4v) is 2.48. The van der Waals surface area contributed by atoms with Gasteiger partial charge in [0.2, 0.25) is 11.7 Å². The summed E-state index contributed by atoms with van der Waals surface area (Å²) in [6.07, 6.45) is 0. The van der Waals surface area contributed by atoms with E-state index in [1.54, 1.807) is 29.8 Å². The molecular formula is C18H15N5O2. The first-order valence-electron chi connectivity index (χ1n) is 7.55. The van der Waals surface area contributed by atoms with Crippen LogP contribution >= 0.6 is 0 Å². The number of benzene rings is 1. The summed E-state index contributed by atoms with van der Waals surface area (Å²) in [6, 6.07) is 16.3. The molecule has 124 valence electrons. The molecule has 7 heteroatoms. The van der Waals surface area contributed by atoms with Crippen LogP contribution in [0.1, 0.15) is 22.2 Å². The number of nitrogens with zero attached hydrogens (tertiary/aromatic N) is 5. The molecule has 0 N–H and O–H groups in total. The molecule has 0 aliphatic carbocycles. The normalized spacial score (nSPS) is 11.6. The molecule has 0 spiro atoms. The number of hydrogen-bond acceptors (Lipinski definition) is 6. The van der Waals surface area contributed by atoms with Crippen molar-refractivity contribution in [3.05, 3.63) is 60.0 Å². The zero-order valence-corrected chi connectivity index (χ0v) is 13.7. The second-order valence-corrected chi connectivity index (χ2v) is 5.30. The number of Topliss-reactive ketones (excluding diaryl/α,β-unsaturated/α-hetero) is 1. The molecule has 0 aliphatic heterocycles. The maximum absolute atomic E-state index is 12.7. The predicted octanol–water partition coefficient (Wildman–Crippen LogP) is 2.38. The van der Waals surface area contributed by atoms with E-state index in [0.717, 1.165) is 5.56 Å². The van der Waals surface area contributed by atoms with Crippen molar-refractivity contribution in [3.63, 3.8) is 0 Å². The monoisotopic (exact) mass is 333 g/mol. The van der Waals surface area contributed by atoms with Crippen LogP contribution in [0, 0.1) is 11.3 Å². The number of ketones is 1. The maximum Gasteiger partial charge on any atom is 0.213 e. The topological polar surface area (TPSA) is 93.7 Å². The highest BCUT2D eigenvalue weighted by molar-refractivity contribution is 6.00. The molecule has 1 aromatic carbocycles. The number of carbonyl (C=O) groups excluding carboxylic acids is 1. The van der Waals surface area contributed by atoms with Crippen molar-refractivity contribution in [1.82, 2.24) is 19.7 Å². The van der Waals surface area contributed by atoms with Crippen molar-refractivity contribution < 1.29 is 9.53 Å². The fourth-order valence-electron chi connectivity index (χ4n) is 2.48. The minimum Gasteiger partial charge on any atom is -0.481 e. The van der Waals surface area contributed by atoms with Crippen LogP contribution in [0.15, 0.2) is 48.5 Å². The van der Waals surface area contributed by atoms with Crippen molar-refractivity contribution in [3.8, 4) is 23.3 Å². The molecule has 0 bridgehead atoms. The Balaban J connectivity index is 1.98. The predicted molar refractivity (Wildman–Crippen MR) is 89.9 cm³/mol. The summed E-state index contributed by atoms with van der Waals surface area (Å²) in [7, 11) is 3.20. The minimum absolute atomic E-state index is 0.148. The summed E-state index contributed by atoms with van der Waals surface area (Å²) in [5, 5.41) is 17.7.